The molecule has 1 amide bonds. The molecule has 30 heavy (non-hydrogen) atoms. The molecule has 3 aromatic rings. The van der Waals surface area contributed by atoms with E-state index in [0.29, 0.717) is 35.2 Å². The van der Waals surface area contributed by atoms with E-state index in [1.54, 1.807) is 25.6 Å². The lowest BCUT2D eigenvalue weighted by molar-refractivity contribution is -0.131. The maximum atomic E-state index is 12.6. The highest BCUT2D eigenvalue weighted by atomic mass is 32.1. The van der Waals surface area contributed by atoms with Gasteiger partial charge in [0, 0.05) is 31.6 Å². The van der Waals surface area contributed by atoms with Crippen molar-refractivity contribution in [1.29, 1.82) is 0 Å². The van der Waals surface area contributed by atoms with Crippen LogP contribution in [0.2, 0.25) is 0 Å². The van der Waals surface area contributed by atoms with Crippen LogP contribution in [0.25, 0.3) is 16.3 Å². The lowest BCUT2D eigenvalue weighted by Crippen LogP contribution is -2.36. The van der Waals surface area contributed by atoms with Crippen LogP contribution in [0.5, 0.6) is 5.75 Å². The number of benzene rings is 1. The van der Waals surface area contributed by atoms with E-state index in [0.717, 1.165) is 29.6 Å². The van der Waals surface area contributed by atoms with Gasteiger partial charge in [-0.1, -0.05) is 11.3 Å². The molecule has 0 atom stereocenters. The molecule has 10 heteroatoms. The first kappa shape index (κ1) is 19.9. The molecule has 4 rings (SSSR count). The van der Waals surface area contributed by atoms with Gasteiger partial charge in [0.25, 0.3) is 0 Å². The number of aliphatic carboxylic acids is 1. The first-order chi connectivity index (χ1) is 14.5. The van der Waals surface area contributed by atoms with Gasteiger partial charge in [0.05, 0.1) is 30.7 Å². The molecule has 1 saturated heterocycles. The van der Waals surface area contributed by atoms with Crippen molar-refractivity contribution in [3.8, 4) is 5.75 Å². The smallest absolute Gasteiger partial charge is 0.331 e. The van der Waals surface area contributed by atoms with Gasteiger partial charge in [0.15, 0.2) is 5.13 Å². The molecular formula is C20H20N4O5S. The lowest BCUT2D eigenvalue weighted by atomic mass is 10.2. The number of carboxylic acid groups (broad SMARTS) is 1. The van der Waals surface area contributed by atoms with Gasteiger partial charge < -0.3 is 19.5 Å². The number of hydrogen-bond donors (Lipinski definition) is 2. The molecule has 2 N–H and O–H groups in total. The van der Waals surface area contributed by atoms with E-state index < -0.39 is 12.0 Å². The Kier molecular flexibility index (Phi) is 5.68. The van der Waals surface area contributed by atoms with Crippen LogP contribution in [0.1, 0.15) is 5.56 Å². The molecule has 9 nitrogen and oxygen atoms in total. The minimum atomic E-state index is -1.05. The minimum Gasteiger partial charge on any atom is -0.494 e. The highest BCUT2D eigenvalue weighted by molar-refractivity contribution is 7.23. The van der Waals surface area contributed by atoms with E-state index in [1.807, 2.05) is 12.1 Å². The fraction of sp³-hybridized carbons (Fsp3) is 0.250. The summed E-state index contributed by atoms with van der Waals surface area (Å²) in [6.07, 6.45) is 5.54. The molecule has 0 radical (unpaired) electrons. The molecule has 1 aliphatic heterocycles. The van der Waals surface area contributed by atoms with Crippen molar-refractivity contribution in [2.45, 2.75) is 0 Å². The van der Waals surface area contributed by atoms with Crippen molar-refractivity contribution in [2.24, 2.45) is 0 Å². The molecule has 3 heterocycles. The number of nitrogens with one attached hydrogen (secondary N) is 1. The van der Waals surface area contributed by atoms with Crippen LogP contribution in [0.4, 0.5) is 15.6 Å². The third kappa shape index (κ3) is 4.14. The number of methoxy groups -OCH3 is 1. The summed E-state index contributed by atoms with van der Waals surface area (Å²) in [7, 11) is 1.59. The number of ether oxygens (including phenoxy) is 2. The maximum absolute atomic E-state index is 12.6. The second-order valence-electron chi connectivity index (χ2n) is 6.54. The molecule has 0 bridgehead atoms. The van der Waals surface area contributed by atoms with Crippen LogP contribution in [0.15, 0.2) is 36.7 Å². The fourth-order valence-electron chi connectivity index (χ4n) is 3.20. The largest absolute Gasteiger partial charge is 0.494 e. The average Bonchev–Trinajstić information content (AvgIpc) is 3.39. The van der Waals surface area contributed by atoms with Crippen LogP contribution >= 0.6 is 11.3 Å². The van der Waals surface area contributed by atoms with E-state index in [1.165, 1.54) is 22.0 Å². The van der Waals surface area contributed by atoms with E-state index >= 15 is 0 Å². The molecule has 0 aliphatic carbocycles. The van der Waals surface area contributed by atoms with Crippen molar-refractivity contribution in [3.63, 3.8) is 0 Å². The van der Waals surface area contributed by atoms with Crippen LogP contribution in [-0.4, -0.2) is 60.1 Å². The Hall–Kier alpha value is -3.37. The van der Waals surface area contributed by atoms with Gasteiger partial charge in [-0.15, -0.1) is 0 Å². The zero-order valence-corrected chi connectivity index (χ0v) is 17.0. The van der Waals surface area contributed by atoms with E-state index in [9.17, 15) is 9.59 Å². The number of nitrogens with zero attached hydrogens (tertiary/aromatic N) is 3. The monoisotopic (exact) mass is 428 g/mol. The average molecular weight is 428 g/mol. The predicted octanol–water partition coefficient (Wildman–Crippen LogP) is 3.12. The minimum absolute atomic E-state index is 0.393. The summed E-state index contributed by atoms with van der Waals surface area (Å²) in [6, 6.07) is 5.14. The van der Waals surface area contributed by atoms with Crippen molar-refractivity contribution >= 4 is 50.4 Å². The van der Waals surface area contributed by atoms with Crippen LogP contribution in [0, 0.1) is 0 Å². The summed E-state index contributed by atoms with van der Waals surface area (Å²) in [5.41, 5.74) is 2.33. The Morgan fingerprint density at radius 2 is 2.10 bits per heavy atom. The first-order valence-electron chi connectivity index (χ1n) is 9.26. The third-order valence-electron chi connectivity index (χ3n) is 4.64. The highest BCUT2D eigenvalue weighted by Crippen LogP contribution is 2.39. The number of carbonyl (C=O) groups is 2. The maximum Gasteiger partial charge on any atom is 0.331 e. The summed E-state index contributed by atoms with van der Waals surface area (Å²) >= 11 is 1.38. The molecule has 1 aliphatic rings. The Balaban J connectivity index is 1.60. The third-order valence-corrected chi connectivity index (χ3v) is 5.63. The van der Waals surface area contributed by atoms with Gasteiger partial charge in [0.1, 0.15) is 11.3 Å². The predicted molar refractivity (Wildman–Crippen MR) is 115 cm³/mol. The number of thiazole rings is 1. The number of amides is 1. The molecule has 1 fully saturated rings. The summed E-state index contributed by atoms with van der Waals surface area (Å²) < 4.78 is 13.2. The quantitative estimate of drug-likeness (QED) is 0.602. The summed E-state index contributed by atoms with van der Waals surface area (Å²) in [4.78, 5) is 30.0. The van der Waals surface area contributed by atoms with Crippen LogP contribution in [-0.2, 0) is 9.53 Å². The second kappa shape index (κ2) is 8.56. The summed E-state index contributed by atoms with van der Waals surface area (Å²) in [5.74, 6) is -0.410. The zero-order chi connectivity index (χ0) is 21.1. The number of rotatable bonds is 5. The summed E-state index contributed by atoms with van der Waals surface area (Å²) in [6.45, 7) is 2.92. The Morgan fingerprint density at radius 3 is 2.83 bits per heavy atom. The Labute approximate surface area is 176 Å². The number of hydrogen-bond acceptors (Lipinski definition) is 7. The molecule has 2 aromatic heterocycles. The zero-order valence-electron chi connectivity index (χ0n) is 16.2. The topological polar surface area (TPSA) is 106 Å². The van der Waals surface area contributed by atoms with Crippen molar-refractivity contribution in [3.05, 3.63) is 42.2 Å². The molecule has 156 valence electrons. The van der Waals surface area contributed by atoms with Crippen molar-refractivity contribution in [2.75, 3.05) is 43.6 Å². The SMILES string of the molecule is COc1ccc(N2CCOCC2)c2sc(NC(=O)n3ccc(/C=C/C(=O)O)c3)nc12. The highest BCUT2D eigenvalue weighted by Gasteiger charge is 2.20. The lowest BCUT2D eigenvalue weighted by Gasteiger charge is -2.29. The van der Waals surface area contributed by atoms with Crippen molar-refractivity contribution in [1.82, 2.24) is 9.55 Å². The van der Waals surface area contributed by atoms with Crippen LogP contribution in [0.3, 0.4) is 0 Å². The Bertz CT molecular complexity index is 1110. The number of carbonyl (C=O) groups excluding carboxylic acids is 1. The van der Waals surface area contributed by atoms with Gasteiger partial charge in [-0.2, -0.15) is 0 Å². The number of anilines is 2. The molecule has 0 unspecified atom stereocenters. The Morgan fingerprint density at radius 1 is 1.30 bits per heavy atom. The van der Waals surface area contributed by atoms with E-state index in [2.05, 4.69) is 15.2 Å². The molecule has 1 aromatic carbocycles. The van der Waals surface area contributed by atoms with Gasteiger partial charge in [0.2, 0.25) is 0 Å². The van der Waals surface area contributed by atoms with Gasteiger partial charge in [-0.05, 0) is 29.8 Å². The fourth-order valence-corrected chi connectivity index (χ4v) is 4.22. The molecular weight excluding hydrogens is 408 g/mol. The summed E-state index contributed by atoms with van der Waals surface area (Å²) in [5, 5.41) is 12.0. The normalized spacial score (nSPS) is 14.4. The van der Waals surface area contributed by atoms with E-state index in [4.69, 9.17) is 14.6 Å². The van der Waals surface area contributed by atoms with E-state index in [-0.39, 0.29) is 0 Å². The number of aromatic nitrogens is 2. The molecule has 0 spiro atoms. The first-order valence-corrected chi connectivity index (χ1v) is 10.1. The number of fused-ring (bicyclic) bond motifs is 1. The standard InChI is InChI=1S/C20H20N4O5S/c1-28-15-4-3-14(23-8-10-29-11-9-23)18-17(15)21-19(30-18)22-20(27)24-7-6-13(12-24)2-5-16(25)26/h2-7,12H,8-11H2,1H3,(H,25,26)(H,21,22,27)/b5-2+. The van der Waals surface area contributed by atoms with Gasteiger partial charge in [-0.3, -0.25) is 9.88 Å². The number of carboxylic acids is 1. The van der Waals surface area contributed by atoms with Gasteiger partial charge in [-0.25, -0.2) is 14.6 Å². The van der Waals surface area contributed by atoms with Crippen LogP contribution < -0.4 is 15.0 Å². The van der Waals surface area contributed by atoms with Crippen molar-refractivity contribution < 1.29 is 24.2 Å². The second-order valence-corrected chi connectivity index (χ2v) is 7.54. The number of morpholine rings is 1. The van der Waals surface area contributed by atoms with Gasteiger partial charge >= 0.3 is 12.0 Å². The molecule has 0 saturated carbocycles.